The summed E-state index contributed by atoms with van der Waals surface area (Å²) in [5.41, 5.74) is 2.04. The zero-order chi connectivity index (χ0) is 13.0. The van der Waals surface area contributed by atoms with E-state index in [1.54, 1.807) is 7.11 Å². The Morgan fingerprint density at radius 3 is 2.83 bits per heavy atom. The van der Waals surface area contributed by atoms with Crippen LogP contribution in [0.3, 0.4) is 0 Å². The van der Waals surface area contributed by atoms with Crippen molar-refractivity contribution in [2.75, 3.05) is 25.5 Å². The number of rotatable bonds is 6. The lowest BCUT2D eigenvalue weighted by molar-refractivity contribution is -0.119. The van der Waals surface area contributed by atoms with Gasteiger partial charge in [0.1, 0.15) is 5.75 Å². The van der Waals surface area contributed by atoms with E-state index in [0.717, 1.165) is 29.5 Å². The van der Waals surface area contributed by atoms with Crippen molar-refractivity contribution in [2.24, 2.45) is 5.92 Å². The number of amides is 1. The second kappa shape index (κ2) is 5.76. The minimum atomic E-state index is 0.0529. The van der Waals surface area contributed by atoms with Crippen LogP contribution in [-0.4, -0.2) is 26.1 Å². The normalized spacial score (nSPS) is 14.1. The van der Waals surface area contributed by atoms with Gasteiger partial charge in [0, 0.05) is 12.2 Å². The van der Waals surface area contributed by atoms with Gasteiger partial charge in [0.15, 0.2) is 0 Å². The van der Waals surface area contributed by atoms with E-state index in [9.17, 15) is 4.79 Å². The van der Waals surface area contributed by atoms with Crippen LogP contribution in [0.25, 0.3) is 0 Å². The highest BCUT2D eigenvalue weighted by Crippen LogP contribution is 2.27. The fraction of sp³-hybridized carbons (Fsp3) is 0.500. The lowest BCUT2D eigenvalue weighted by Gasteiger charge is -2.11. The van der Waals surface area contributed by atoms with E-state index in [1.165, 1.54) is 12.8 Å². The molecule has 0 radical (unpaired) electrons. The monoisotopic (exact) mass is 248 g/mol. The van der Waals surface area contributed by atoms with Crippen LogP contribution >= 0.6 is 0 Å². The second-order valence-electron chi connectivity index (χ2n) is 4.78. The van der Waals surface area contributed by atoms with Crippen molar-refractivity contribution >= 4 is 11.6 Å². The van der Waals surface area contributed by atoms with Gasteiger partial charge in [-0.2, -0.15) is 0 Å². The molecule has 1 aromatic carbocycles. The first-order valence-corrected chi connectivity index (χ1v) is 6.34. The van der Waals surface area contributed by atoms with Gasteiger partial charge < -0.3 is 15.4 Å². The number of nitrogens with one attached hydrogen (secondary N) is 2. The molecule has 0 aliphatic heterocycles. The molecule has 0 atom stereocenters. The number of hydrogen-bond acceptors (Lipinski definition) is 3. The summed E-state index contributed by atoms with van der Waals surface area (Å²) < 4.78 is 5.14. The van der Waals surface area contributed by atoms with Gasteiger partial charge in [-0.05, 0) is 49.4 Å². The number of carbonyl (C=O) groups is 1. The van der Waals surface area contributed by atoms with Crippen molar-refractivity contribution in [3.05, 3.63) is 23.8 Å². The van der Waals surface area contributed by atoms with Crippen LogP contribution in [-0.2, 0) is 4.79 Å². The predicted molar refractivity (Wildman–Crippen MR) is 72.0 cm³/mol. The van der Waals surface area contributed by atoms with Crippen LogP contribution < -0.4 is 15.4 Å². The Balaban J connectivity index is 1.79. The number of anilines is 1. The molecule has 2 rings (SSSR count). The average molecular weight is 248 g/mol. The minimum absolute atomic E-state index is 0.0529. The highest BCUT2D eigenvalue weighted by Gasteiger charge is 2.21. The van der Waals surface area contributed by atoms with Crippen LogP contribution in [0.4, 0.5) is 5.69 Å². The maximum atomic E-state index is 11.6. The molecule has 4 heteroatoms. The Morgan fingerprint density at radius 2 is 2.22 bits per heavy atom. The molecule has 98 valence electrons. The summed E-state index contributed by atoms with van der Waals surface area (Å²) in [5, 5.41) is 6.07. The first kappa shape index (κ1) is 12.7. The smallest absolute Gasteiger partial charge is 0.239 e. The van der Waals surface area contributed by atoms with Crippen LogP contribution in [0.2, 0.25) is 0 Å². The van der Waals surface area contributed by atoms with Crippen LogP contribution in [0.5, 0.6) is 5.75 Å². The third-order valence-electron chi connectivity index (χ3n) is 3.16. The summed E-state index contributed by atoms with van der Waals surface area (Å²) in [6.07, 6.45) is 2.51. The minimum Gasteiger partial charge on any atom is -0.497 e. The van der Waals surface area contributed by atoms with Gasteiger partial charge in [0.05, 0.1) is 13.7 Å². The zero-order valence-corrected chi connectivity index (χ0v) is 11.0. The largest absolute Gasteiger partial charge is 0.497 e. The molecule has 0 saturated heterocycles. The quantitative estimate of drug-likeness (QED) is 0.809. The van der Waals surface area contributed by atoms with Gasteiger partial charge >= 0.3 is 0 Å². The fourth-order valence-corrected chi connectivity index (χ4v) is 1.78. The van der Waals surface area contributed by atoms with Crippen molar-refractivity contribution in [3.8, 4) is 5.75 Å². The summed E-state index contributed by atoms with van der Waals surface area (Å²) in [6, 6.07) is 5.77. The van der Waals surface area contributed by atoms with Gasteiger partial charge in [0.2, 0.25) is 5.91 Å². The van der Waals surface area contributed by atoms with E-state index >= 15 is 0 Å². The molecule has 1 aliphatic rings. The van der Waals surface area contributed by atoms with E-state index in [4.69, 9.17) is 4.74 Å². The zero-order valence-electron chi connectivity index (χ0n) is 11.0. The molecule has 18 heavy (non-hydrogen) atoms. The first-order chi connectivity index (χ1) is 8.69. The molecule has 0 heterocycles. The second-order valence-corrected chi connectivity index (χ2v) is 4.78. The van der Waals surface area contributed by atoms with E-state index in [1.807, 2.05) is 25.1 Å². The molecule has 0 aromatic heterocycles. The molecular weight excluding hydrogens is 228 g/mol. The van der Waals surface area contributed by atoms with Gasteiger partial charge in [-0.3, -0.25) is 4.79 Å². The van der Waals surface area contributed by atoms with Gasteiger partial charge in [0.25, 0.3) is 0 Å². The van der Waals surface area contributed by atoms with Crippen molar-refractivity contribution in [1.82, 2.24) is 5.32 Å². The number of ether oxygens (including phenoxy) is 1. The van der Waals surface area contributed by atoms with Crippen molar-refractivity contribution in [2.45, 2.75) is 19.8 Å². The molecule has 2 N–H and O–H groups in total. The SMILES string of the molecule is COc1ccc(NCC(=O)NCC2CC2)c(C)c1. The summed E-state index contributed by atoms with van der Waals surface area (Å²) in [5.74, 6) is 1.60. The van der Waals surface area contributed by atoms with Crippen molar-refractivity contribution in [1.29, 1.82) is 0 Å². The standard InChI is InChI=1S/C14H20N2O2/c1-10-7-12(18-2)5-6-13(10)15-9-14(17)16-8-11-3-4-11/h5-7,11,15H,3-4,8-9H2,1-2H3,(H,16,17). The van der Waals surface area contributed by atoms with E-state index in [2.05, 4.69) is 10.6 Å². The maximum absolute atomic E-state index is 11.6. The number of methoxy groups -OCH3 is 1. The van der Waals surface area contributed by atoms with Crippen LogP contribution in [0.15, 0.2) is 18.2 Å². The van der Waals surface area contributed by atoms with E-state index < -0.39 is 0 Å². The maximum Gasteiger partial charge on any atom is 0.239 e. The molecule has 4 nitrogen and oxygen atoms in total. The Bertz CT molecular complexity index is 428. The Morgan fingerprint density at radius 1 is 1.44 bits per heavy atom. The predicted octanol–water partition coefficient (Wildman–Crippen LogP) is 1.94. The fourth-order valence-electron chi connectivity index (χ4n) is 1.78. The molecular formula is C14H20N2O2. The molecule has 0 bridgehead atoms. The summed E-state index contributed by atoms with van der Waals surface area (Å²) in [7, 11) is 1.65. The first-order valence-electron chi connectivity index (χ1n) is 6.34. The van der Waals surface area contributed by atoms with Crippen LogP contribution in [0.1, 0.15) is 18.4 Å². The molecule has 1 aromatic rings. The van der Waals surface area contributed by atoms with Crippen LogP contribution in [0, 0.1) is 12.8 Å². The van der Waals surface area contributed by atoms with Gasteiger partial charge in [-0.1, -0.05) is 0 Å². The lowest BCUT2D eigenvalue weighted by atomic mass is 10.2. The number of aryl methyl sites for hydroxylation is 1. The molecule has 1 aliphatic carbocycles. The Labute approximate surface area is 108 Å². The van der Waals surface area contributed by atoms with Crippen molar-refractivity contribution < 1.29 is 9.53 Å². The van der Waals surface area contributed by atoms with Gasteiger partial charge in [-0.25, -0.2) is 0 Å². The molecule has 0 spiro atoms. The number of carbonyl (C=O) groups excluding carboxylic acids is 1. The topological polar surface area (TPSA) is 50.4 Å². The summed E-state index contributed by atoms with van der Waals surface area (Å²) in [4.78, 5) is 11.6. The Hall–Kier alpha value is -1.71. The van der Waals surface area contributed by atoms with E-state index in [0.29, 0.717) is 6.54 Å². The third-order valence-corrected chi connectivity index (χ3v) is 3.16. The Kier molecular flexibility index (Phi) is 4.07. The molecule has 1 saturated carbocycles. The number of hydrogen-bond donors (Lipinski definition) is 2. The highest BCUT2D eigenvalue weighted by atomic mass is 16.5. The summed E-state index contributed by atoms with van der Waals surface area (Å²) in [6.45, 7) is 3.13. The van der Waals surface area contributed by atoms with Gasteiger partial charge in [-0.15, -0.1) is 0 Å². The molecule has 1 fully saturated rings. The van der Waals surface area contributed by atoms with Crippen molar-refractivity contribution in [3.63, 3.8) is 0 Å². The highest BCUT2D eigenvalue weighted by molar-refractivity contribution is 5.81. The molecule has 1 amide bonds. The van der Waals surface area contributed by atoms with E-state index in [-0.39, 0.29) is 5.91 Å². The number of benzene rings is 1. The lowest BCUT2D eigenvalue weighted by Crippen LogP contribution is -2.31. The summed E-state index contributed by atoms with van der Waals surface area (Å²) >= 11 is 0. The average Bonchev–Trinajstić information content (AvgIpc) is 3.18. The third kappa shape index (κ3) is 3.65. The molecule has 0 unspecified atom stereocenters.